The van der Waals surface area contributed by atoms with E-state index in [1.165, 1.54) is 50.4 Å². The van der Waals surface area contributed by atoms with E-state index in [1.807, 2.05) is 22.9 Å². The van der Waals surface area contributed by atoms with Crippen LogP contribution in [0.5, 0.6) is 0 Å². The van der Waals surface area contributed by atoms with Gasteiger partial charge in [-0.3, -0.25) is 9.52 Å². The van der Waals surface area contributed by atoms with E-state index >= 15 is 4.39 Å². The SMILES string of the molecule is C=CCc1ccc(-c2cc3c(C(=O)NC)c(-c4ccc(F)cc4)oc3cc2NS(=O)(=O)CC)nc1-c1cn(CC=C)c2cccc(F)c12. The Hall–Kier alpha value is -5.55. The van der Waals surface area contributed by atoms with Crippen LogP contribution in [-0.4, -0.2) is 36.7 Å². The Kier molecular flexibility index (Phi) is 8.72. The Bertz CT molecular complexity index is 2340. The van der Waals surface area contributed by atoms with Gasteiger partial charge in [0.25, 0.3) is 5.91 Å². The molecule has 0 fully saturated rings. The molecule has 0 atom stereocenters. The highest BCUT2D eigenvalue weighted by Crippen LogP contribution is 2.41. The zero-order chi connectivity index (χ0) is 34.2. The van der Waals surface area contributed by atoms with E-state index in [-0.39, 0.29) is 28.3 Å². The van der Waals surface area contributed by atoms with Crippen molar-refractivity contribution in [3.8, 4) is 33.8 Å². The molecule has 3 aromatic heterocycles. The fourth-order valence-electron chi connectivity index (χ4n) is 5.80. The summed E-state index contributed by atoms with van der Waals surface area (Å²) in [5.41, 5.74) is 4.24. The van der Waals surface area contributed by atoms with Crippen LogP contribution in [0.3, 0.4) is 0 Å². The number of rotatable bonds is 11. The van der Waals surface area contributed by atoms with Crippen LogP contribution in [0.4, 0.5) is 14.5 Å². The summed E-state index contributed by atoms with van der Waals surface area (Å²) in [6, 6.07) is 17.1. The molecule has 2 N–H and O–H groups in total. The number of hydrogen-bond donors (Lipinski definition) is 2. The van der Waals surface area contributed by atoms with Crippen molar-refractivity contribution >= 4 is 43.5 Å². The largest absolute Gasteiger partial charge is 0.455 e. The first kappa shape index (κ1) is 32.4. The summed E-state index contributed by atoms with van der Waals surface area (Å²) < 4.78 is 65.8. The molecular formula is C37H32F2N4O4S. The number of aromatic nitrogens is 2. The van der Waals surface area contributed by atoms with Crippen molar-refractivity contribution in [3.63, 3.8) is 0 Å². The number of benzene rings is 3. The molecule has 0 spiro atoms. The number of sulfonamides is 1. The van der Waals surface area contributed by atoms with E-state index in [0.717, 1.165) is 5.56 Å². The van der Waals surface area contributed by atoms with Gasteiger partial charge in [-0.1, -0.05) is 24.3 Å². The summed E-state index contributed by atoms with van der Waals surface area (Å²) in [6.45, 7) is 9.67. The molecule has 0 aliphatic rings. The third-order valence-corrected chi connectivity index (χ3v) is 9.38. The van der Waals surface area contributed by atoms with Crippen LogP contribution in [-0.2, 0) is 23.0 Å². The van der Waals surface area contributed by atoms with Crippen LogP contribution >= 0.6 is 0 Å². The first-order chi connectivity index (χ1) is 23.1. The second-order valence-corrected chi connectivity index (χ2v) is 13.1. The minimum atomic E-state index is -3.79. The van der Waals surface area contributed by atoms with Crippen LogP contribution < -0.4 is 10.0 Å². The number of nitrogens with zero attached hydrogens (tertiary/aromatic N) is 2. The zero-order valence-corrected chi connectivity index (χ0v) is 27.1. The van der Waals surface area contributed by atoms with Gasteiger partial charge >= 0.3 is 0 Å². The van der Waals surface area contributed by atoms with Crippen LogP contribution in [0.25, 0.3) is 55.7 Å². The lowest BCUT2D eigenvalue weighted by molar-refractivity contribution is 0.0964. The van der Waals surface area contributed by atoms with Crippen LogP contribution in [0, 0.1) is 11.6 Å². The molecule has 48 heavy (non-hydrogen) atoms. The first-order valence-electron chi connectivity index (χ1n) is 15.2. The minimum absolute atomic E-state index is 0.169. The average molecular weight is 667 g/mol. The van der Waals surface area contributed by atoms with Crippen molar-refractivity contribution in [2.45, 2.75) is 19.9 Å². The van der Waals surface area contributed by atoms with E-state index in [0.29, 0.717) is 57.3 Å². The van der Waals surface area contributed by atoms with E-state index in [9.17, 15) is 17.6 Å². The molecule has 0 aliphatic carbocycles. The minimum Gasteiger partial charge on any atom is -0.455 e. The number of fused-ring (bicyclic) bond motifs is 2. The molecule has 6 aromatic rings. The lowest BCUT2D eigenvalue weighted by Gasteiger charge is -2.15. The Morgan fingerprint density at radius 2 is 1.79 bits per heavy atom. The lowest BCUT2D eigenvalue weighted by Crippen LogP contribution is -2.18. The van der Waals surface area contributed by atoms with Crippen molar-refractivity contribution in [1.29, 1.82) is 0 Å². The standard InChI is InChI=1S/C37H32F2N4O4S/c1-5-9-22-14-17-29(41-35(22)27-21-43(18-6-2)31-11-8-10-28(39)33(27)31)25-19-26-32(20-30(25)42-48(45,46)7-3)47-36(34(26)37(44)40-4)23-12-15-24(38)16-13-23/h5-6,8,10-17,19-21,42H,1-2,7,9,18H2,3-4H3,(H,40,44). The number of halogens is 2. The number of carbonyl (C=O) groups is 1. The number of furan rings is 1. The summed E-state index contributed by atoms with van der Waals surface area (Å²) in [5, 5.41) is 3.41. The average Bonchev–Trinajstić information content (AvgIpc) is 3.64. The normalized spacial score (nSPS) is 11.6. The number of hydrogen-bond acceptors (Lipinski definition) is 5. The van der Waals surface area contributed by atoms with Gasteiger partial charge in [-0.05, 0) is 67.4 Å². The Morgan fingerprint density at radius 3 is 2.48 bits per heavy atom. The van der Waals surface area contributed by atoms with Gasteiger partial charge < -0.3 is 14.3 Å². The quantitative estimate of drug-likeness (QED) is 0.136. The Balaban J connectivity index is 1.66. The van der Waals surface area contributed by atoms with Crippen LogP contribution in [0.15, 0.2) is 103 Å². The van der Waals surface area contributed by atoms with E-state index in [1.54, 1.807) is 30.4 Å². The zero-order valence-electron chi connectivity index (χ0n) is 26.3. The van der Waals surface area contributed by atoms with E-state index in [2.05, 4.69) is 23.2 Å². The summed E-state index contributed by atoms with van der Waals surface area (Å²) in [4.78, 5) is 18.3. The fourth-order valence-corrected chi connectivity index (χ4v) is 6.45. The molecule has 0 aliphatic heterocycles. The monoisotopic (exact) mass is 666 g/mol. The molecule has 3 aromatic carbocycles. The molecule has 8 nitrogen and oxygen atoms in total. The summed E-state index contributed by atoms with van der Waals surface area (Å²) in [7, 11) is -2.30. The molecule has 244 valence electrons. The van der Waals surface area contributed by atoms with Gasteiger partial charge in [0.2, 0.25) is 10.0 Å². The van der Waals surface area contributed by atoms with Crippen LogP contribution in [0.1, 0.15) is 22.8 Å². The van der Waals surface area contributed by atoms with E-state index < -0.39 is 27.6 Å². The predicted octanol–water partition coefficient (Wildman–Crippen LogP) is 8.10. The van der Waals surface area contributed by atoms with Crippen molar-refractivity contribution in [1.82, 2.24) is 14.9 Å². The number of nitrogens with one attached hydrogen (secondary N) is 2. The van der Waals surface area contributed by atoms with Gasteiger partial charge in [-0.15, -0.1) is 13.2 Å². The topological polar surface area (TPSA) is 106 Å². The molecule has 0 radical (unpaired) electrons. The second-order valence-electron chi connectivity index (χ2n) is 11.1. The highest BCUT2D eigenvalue weighted by Gasteiger charge is 2.26. The summed E-state index contributed by atoms with van der Waals surface area (Å²) in [6.07, 6.45) is 5.71. The van der Waals surface area contributed by atoms with Crippen molar-refractivity contribution in [2.75, 3.05) is 17.5 Å². The third kappa shape index (κ3) is 5.88. The number of carbonyl (C=O) groups excluding carboxylic acids is 1. The summed E-state index contributed by atoms with van der Waals surface area (Å²) >= 11 is 0. The summed E-state index contributed by atoms with van der Waals surface area (Å²) in [5.74, 6) is -1.34. The number of anilines is 1. The third-order valence-electron chi connectivity index (χ3n) is 8.09. The van der Waals surface area contributed by atoms with Crippen molar-refractivity contribution in [3.05, 3.63) is 121 Å². The maximum Gasteiger partial charge on any atom is 0.255 e. The molecule has 0 saturated carbocycles. The maximum absolute atomic E-state index is 15.5. The predicted molar refractivity (Wildman–Crippen MR) is 186 cm³/mol. The Labute approximate surface area is 276 Å². The van der Waals surface area contributed by atoms with Gasteiger partial charge in [-0.2, -0.15) is 0 Å². The molecule has 11 heteroatoms. The van der Waals surface area contributed by atoms with Gasteiger partial charge in [0.15, 0.2) is 0 Å². The number of allylic oxidation sites excluding steroid dienone is 2. The molecular weight excluding hydrogens is 634 g/mol. The molecule has 3 heterocycles. The molecule has 0 saturated heterocycles. The number of pyridine rings is 1. The van der Waals surface area contributed by atoms with E-state index in [4.69, 9.17) is 9.40 Å². The fraction of sp³-hybridized carbons (Fsp3) is 0.135. The highest BCUT2D eigenvalue weighted by atomic mass is 32.2. The molecule has 1 amide bonds. The van der Waals surface area contributed by atoms with Gasteiger partial charge in [0, 0.05) is 53.3 Å². The smallest absolute Gasteiger partial charge is 0.255 e. The van der Waals surface area contributed by atoms with Gasteiger partial charge in [0.05, 0.1) is 33.9 Å². The second kappa shape index (κ2) is 12.9. The van der Waals surface area contributed by atoms with Crippen LogP contribution in [0.2, 0.25) is 0 Å². The van der Waals surface area contributed by atoms with Crippen molar-refractivity contribution < 1.29 is 26.4 Å². The number of amides is 1. The van der Waals surface area contributed by atoms with Crippen molar-refractivity contribution in [2.24, 2.45) is 0 Å². The van der Waals surface area contributed by atoms with Gasteiger partial charge in [-0.25, -0.2) is 22.2 Å². The highest BCUT2D eigenvalue weighted by molar-refractivity contribution is 7.92. The van der Waals surface area contributed by atoms with Gasteiger partial charge in [0.1, 0.15) is 23.0 Å². The molecule has 0 bridgehead atoms. The lowest BCUT2D eigenvalue weighted by atomic mass is 9.98. The molecule has 6 rings (SSSR count). The molecule has 0 unspecified atom stereocenters. The Morgan fingerprint density at radius 1 is 1.02 bits per heavy atom. The first-order valence-corrected chi connectivity index (χ1v) is 16.8. The maximum atomic E-state index is 15.5.